The van der Waals surface area contributed by atoms with Crippen molar-refractivity contribution in [2.45, 2.75) is 64.5 Å². The Morgan fingerprint density at radius 1 is 1.29 bits per heavy atom. The van der Waals surface area contributed by atoms with Crippen LogP contribution in [-0.4, -0.2) is 33.6 Å². The number of Topliss-reactive ketones (excluding diaryl/α,β-unsaturated/α-hetero) is 1. The molecule has 1 saturated carbocycles. The number of aromatic nitrogens is 2. The number of nitrogens with zero attached hydrogens (tertiary/aromatic N) is 3. The van der Waals surface area contributed by atoms with Crippen molar-refractivity contribution in [1.82, 2.24) is 14.7 Å². The Balaban J connectivity index is 1.58. The molecule has 1 aromatic rings. The lowest BCUT2D eigenvalue weighted by molar-refractivity contribution is -0.126. The van der Waals surface area contributed by atoms with Crippen LogP contribution >= 0.6 is 0 Å². The predicted octanol–water partition coefficient (Wildman–Crippen LogP) is 3.19. The van der Waals surface area contributed by atoms with Gasteiger partial charge in [-0.25, -0.2) is 0 Å². The van der Waals surface area contributed by atoms with Gasteiger partial charge in [0.05, 0.1) is 11.7 Å². The quantitative estimate of drug-likeness (QED) is 0.854. The van der Waals surface area contributed by atoms with E-state index in [1.165, 1.54) is 32.1 Å². The maximum Gasteiger partial charge on any atom is 0.138 e. The van der Waals surface area contributed by atoms with Gasteiger partial charge in [-0.15, -0.1) is 0 Å². The lowest BCUT2D eigenvalue weighted by Gasteiger charge is -2.30. The van der Waals surface area contributed by atoms with E-state index < -0.39 is 0 Å². The lowest BCUT2D eigenvalue weighted by Crippen LogP contribution is -2.40. The zero-order valence-electron chi connectivity index (χ0n) is 13.1. The van der Waals surface area contributed by atoms with E-state index in [2.05, 4.69) is 28.8 Å². The van der Waals surface area contributed by atoms with E-state index in [4.69, 9.17) is 5.10 Å². The van der Waals surface area contributed by atoms with Crippen LogP contribution in [0, 0.1) is 5.92 Å². The highest BCUT2D eigenvalue weighted by atomic mass is 16.1. The van der Waals surface area contributed by atoms with E-state index in [1.54, 1.807) is 0 Å². The average molecular weight is 289 g/mol. The Bertz CT molecular complexity index is 476. The maximum absolute atomic E-state index is 11.8. The van der Waals surface area contributed by atoms with Crippen LogP contribution in [0.1, 0.15) is 63.6 Å². The molecule has 1 aromatic heterocycles. The molecule has 0 radical (unpaired) electrons. The second-order valence-electron chi connectivity index (χ2n) is 6.64. The molecule has 0 N–H and O–H groups in total. The van der Waals surface area contributed by atoms with Crippen LogP contribution in [0.2, 0.25) is 0 Å². The van der Waals surface area contributed by atoms with Gasteiger partial charge in [-0.3, -0.25) is 14.4 Å². The van der Waals surface area contributed by atoms with Crippen molar-refractivity contribution in [3.8, 4) is 0 Å². The second-order valence-corrected chi connectivity index (χ2v) is 6.64. The number of carbonyl (C=O) groups excluding carboxylic acids is 1. The summed E-state index contributed by atoms with van der Waals surface area (Å²) in [5.41, 5.74) is 1.16. The third-order valence-corrected chi connectivity index (χ3v) is 5.10. The topological polar surface area (TPSA) is 38.1 Å². The molecule has 2 aliphatic rings. The van der Waals surface area contributed by atoms with Crippen LogP contribution < -0.4 is 0 Å². The van der Waals surface area contributed by atoms with Crippen molar-refractivity contribution in [2.24, 2.45) is 5.92 Å². The molecule has 0 aromatic carbocycles. The molecular weight excluding hydrogens is 262 g/mol. The summed E-state index contributed by atoms with van der Waals surface area (Å²) in [6, 6.07) is 2.77. The summed E-state index contributed by atoms with van der Waals surface area (Å²) in [7, 11) is 0. The van der Waals surface area contributed by atoms with Gasteiger partial charge in [0.15, 0.2) is 0 Å². The summed E-state index contributed by atoms with van der Waals surface area (Å²) in [6.07, 6.45) is 10.4. The largest absolute Gasteiger partial charge is 0.299 e. The average Bonchev–Trinajstić information content (AvgIpc) is 2.98. The van der Waals surface area contributed by atoms with Crippen molar-refractivity contribution in [3.05, 3.63) is 18.0 Å². The predicted molar refractivity (Wildman–Crippen MR) is 83.0 cm³/mol. The van der Waals surface area contributed by atoms with Gasteiger partial charge < -0.3 is 0 Å². The summed E-state index contributed by atoms with van der Waals surface area (Å²) < 4.78 is 2.18. The van der Waals surface area contributed by atoms with Crippen LogP contribution in [-0.2, 0) is 11.3 Å². The van der Waals surface area contributed by atoms with Crippen LogP contribution in [0.3, 0.4) is 0 Å². The van der Waals surface area contributed by atoms with Gasteiger partial charge >= 0.3 is 0 Å². The molecule has 1 unspecified atom stereocenters. The lowest BCUT2D eigenvalue weighted by atomic mass is 9.94. The molecule has 1 aliphatic carbocycles. The molecule has 2 heterocycles. The fourth-order valence-corrected chi connectivity index (χ4v) is 3.72. The van der Waals surface area contributed by atoms with Crippen molar-refractivity contribution in [3.63, 3.8) is 0 Å². The highest BCUT2D eigenvalue weighted by molar-refractivity contribution is 5.82. The highest BCUT2D eigenvalue weighted by Crippen LogP contribution is 2.27. The van der Waals surface area contributed by atoms with Gasteiger partial charge in [-0.05, 0) is 25.3 Å². The van der Waals surface area contributed by atoms with Crippen LogP contribution in [0.15, 0.2) is 12.3 Å². The normalized spacial score (nSPS) is 25.4. The van der Waals surface area contributed by atoms with E-state index in [0.717, 1.165) is 31.7 Å². The van der Waals surface area contributed by atoms with E-state index in [-0.39, 0.29) is 5.92 Å². The van der Waals surface area contributed by atoms with Crippen LogP contribution in [0.5, 0.6) is 0 Å². The minimum atomic E-state index is 0.235. The summed E-state index contributed by atoms with van der Waals surface area (Å²) in [4.78, 5) is 14.2. The first-order chi connectivity index (χ1) is 10.3. The Labute approximate surface area is 127 Å². The van der Waals surface area contributed by atoms with Gasteiger partial charge in [0, 0.05) is 38.2 Å². The molecule has 1 saturated heterocycles. The first-order valence-corrected chi connectivity index (χ1v) is 8.55. The zero-order valence-corrected chi connectivity index (χ0v) is 13.1. The number of piperidine rings is 1. The van der Waals surface area contributed by atoms with Crippen LogP contribution in [0.4, 0.5) is 0 Å². The molecule has 0 spiro atoms. The monoisotopic (exact) mass is 289 g/mol. The van der Waals surface area contributed by atoms with Crippen molar-refractivity contribution >= 4 is 5.78 Å². The molecule has 4 heteroatoms. The fourth-order valence-electron chi connectivity index (χ4n) is 3.72. The minimum Gasteiger partial charge on any atom is -0.299 e. The van der Waals surface area contributed by atoms with E-state index in [0.29, 0.717) is 18.2 Å². The van der Waals surface area contributed by atoms with Gasteiger partial charge in [0.1, 0.15) is 5.78 Å². The van der Waals surface area contributed by atoms with Crippen molar-refractivity contribution < 1.29 is 4.79 Å². The molecule has 4 nitrogen and oxygen atoms in total. The van der Waals surface area contributed by atoms with Gasteiger partial charge in [0.25, 0.3) is 0 Å². The Hall–Kier alpha value is -1.16. The number of carbonyl (C=O) groups is 1. The first-order valence-electron chi connectivity index (χ1n) is 8.55. The molecule has 0 bridgehead atoms. The van der Waals surface area contributed by atoms with Gasteiger partial charge in [-0.2, -0.15) is 5.10 Å². The SMILES string of the molecule is CCC1CN(Cc2ccn(C3CCCCC3)n2)CCC1=O. The Morgan fingerprint density at radius 3 is 2.86 bits per heavy atom. The highest BCUT2D eigenvalue weighted by Gasteiger charge is 2.26. The summed E-state index contributed by atoms with van der Waals surface area (Å²) in [5, 5.41) is 4.79. The maximum atomic E-state index is 11.8. The van der Waals surface area contributed by atoms with Crippen molar-refractivity contribution in [2.75, 3.05) is 13.1 Å². The standard InChI is InChI=1S/C17H27N3O/c1-2-14-12-19(10-9-17(14)21)13-15-8-11-20(18-15)16-6-4-3-5-7-16/h8,11,14,16H,2-7,9-10,12-13H2,1H3. The minimum absolute atomic E-state index is 0.235. The third-order valence-electron chi connectivity index (χ3n) is 5.10. The third kappa shape index (κ3) is 3.54. The Kier molecular flexibility index (Phi) is 4.73. The zero-order chi connectivity index (χ0) is 14.7. The van der Waals surface area contributed by atoms with Crippen molar-refractivity contribution in [1.29, 1.82) is 0 Å². The molecule has 116 valence electrons. The number of hydrogen-bond acceptors (Lipinski definition) is 3. The van der Waals surface area contributed by atoms with Gasteiger partial charge in [0.2, 0.25) is 0 Å². The Morgan fingerprint density at radius 2 is 2.10 bits per heavy atom. The summed E-state index contributed by atoms with van der Waals surface area (Å²) in [6.45, 7) is 4.81. The fraction of sp³-hybridized carbons (Fsp3) is 0.765. The first kappa shape index (κ1) is 14.8. The molecular formula is C17H27N3O. The molecule has 21 heavy (non-hydrogen) atoms. The number of ketones is 1. The van der Waals surface area contributed by atoms with E-state index >= 15 is 0 Å². The molecule has 1 aliphatic heterocycles. The summed E-state index contributed by atoms with van der Waals surface area (Å²) in [5.74, 6) is 0.681. The van der Waals surface area contributed by atoms with Gasteiger partial charge in [-0.1, -0.05) is 26.2 Å². The van der Waals surface area contributed by atoms with E-state index in [9.17, 15) is 4.79 Å². The van der Waals surface area contributed by atoms with Crippen LogP contribution in [0.25, 0.3) is 0 Å². The molecule has 2 fully saturated rings. The smallest absolute Gasteiger partial charge is 0.138 e. The molecule has 1 atom stereocenters. The molecule has 0 amide bonds. The number of hydrogen-bond donors (Lipinski definition) is 0. The number of likely N-dealkylation sites (tertiary alicyclic amines) is 1. The molecule has 3 rings (SSSR count). The summed E-state index contributed by atoms with van der Waals surface area (Å²) >= 11 is 0. The number of rotatable bonds is 4. The van der Waals surface area contributed by atoms with E-state index in [1.807, 2.05) is 0 Å². The second kappa shape index (κ2) is 6.73.